The van der Waals surface area contributed by atoms with Gasteiger partial charge in [0, 0.05) is 19.1 Å². The van der Waals surface area contributed by atoms with Gasteiger partial charge in [-0.2, -0.15) is 0 Å². The van der Waals surface area contributed by atoms with E-state index >= 15 is 0 Å². The van der Waals surface area contributed by atoms with Crippen molar-refractivity contribution in [1.29, 1.82) is 0 Å². The molecule has 26 heavy (non-hydrogen) atoms. The summed E-state index contributed by atoms with van der Waals surface area (Å²) in [6.07, 6.45) is 6.11. The average Bonchev–Trinajstić information content (AvgIpc) is 2.68. The van der Waals surface area contributed by atoms with Crippen LogP contribution >= 0.6 is 12.2 Å². The van der Waals surface area contributed by atoms with Crippen LogP contribution in [0.25, 0.3) is 0 Å². The van der Waals surface area contributed by atoms with Crippen LogP contribution in [0.3, 0.4) is 0 Å². The molecule has 0 amide bonds. The fraction of sp³-hybridized carbons (Fsp3) is 0.435. The zero-order chi connectivity index (χ0) is 18.6. The monoisotopic (exact) mass is 368 g/mol. The SMILES string of the molecule is CCCCC[C@@H](CC)NC(=S)N(Cc1ccccc1)Cc1ccccc1. The first kappa shape index (κ1) is 20.4. The Labute approximate surface area is 164 Å². The van der Waals surface area contributed by atoms with Gasteiger partial charge in [0.2, 0.25) is 0 Å². The molecule has 3 heteroatoms. The van der Waals surface area contributed by atoms with Crippen molar-refractivity contribution in [3.8, 4) is 0 Å². The number of benzene rings is 2. The molecule has 0 saturated heterocycles. The molecule has 2 rings (SSSR count). The maximum atomic E-state index is 5.81. The Balaban J connectivity index is 2.04. The first-order valence-electron chi connectivity index (χ1n) is 9.86. The van der Waals surface area contributed by atoms with E-state index < -0.39 is 0 Å². The molecule has 1 atom stereocenters. The van der Waals surface area contributed by atoms with Crippen molar-refractivity contribution in [2.24, 2.45) is 0 Å². The third-order valence-corrected chi connectivity index (χ3v) is 5.07. The van der Waals surface area contributed by atoms with Gasteiger partial charge < -0.3 is 10.2 Å². The third-order valence-electron chi connectivity index (χ3n) is 4.70. The van der Waals surface area contributed by atoms with Crippen molar-refractivity contribution in [2.75, 3.05) is 0 Å². The van der Waals surface area contributed by atoms with Gasteiger partial charge in [-0.1, -0.05) is 93.8 Å². The molecule has 0 bridgehead atoms. The lowest BCUT2D eigenvalue weighted by atomic mass is 10.1. The van der Waals surface area contributed by atoms with Crippen LogP contribution in [0.2, 0.25) is 0 Å². The van der Waals surface area contributed by atoms with E-state index in [1.165, 1.54) is 36.8 Å². The van der Waals surface area contributed by atoms with Gasteiger partial charge in [-0.05, 0) is 36.2 Å². The van der Waals surface area contributed by atoms with Crippen molar-refractivity contribution in [1.82, 2.24) is 10.2 Å². The molecule has 2 aromatic rings. The van der Waals surface area contributed by atoms with E-state index in [-0.39, 0.29) is 0 Å². The summed E-state index contributed by atoms with van der Waals surface area (Å²) in [5.74, 6) is 0. The Bertz CT molecular complexity index is 586. The van der Waals surface area contributed by atoms with Crippen LogP contribution in [0.15, 0.2) is 60.7 Å². The van der Waals surface area contributed by atoms with E-state index in [4.69, 9.17) is 12.2 Å². The summed E-state index contributed by atoms with van der Waals surface area (Å²) in [7, 11) is 0. The van der Waals surface area contributed by atoms with Crippen molar-refractivity contribution < 1.29 is 0 Å². The second-order valence-electron chi connectivity index (χ2n) is 6.88. The fourth-order valence-electron chi connectivity index (χ4n) is 3.09. The third kappa shape index (κ3) is 7.17. The number of rotatable bonds is 10. The van der Waals surface area contributed by atoms with E-state index in [9.17, 15) is 0 Å². The van der Waals surface area contributed by atoms with Crippen molar-refractivity contribution in [2.45, 2.75) is 65.1 Å². The zero-order valence-electron chi connectivity index (χ0n) is 16.2. The highest BCUT2D eigenvalue weighted by atomic mass is 32.1. The minimum atomic E-state index is 0.461. The quantitative estimate of drug-likeness (QED) is 0.414. The normalized spacial score (nSPS) is 11.8. The van der Waals surface area contributed by atoms with Gasteiger partial charge in [-0.15, -0.1) is 0 Å². The predicted molar refractivity (Wildman–Crippen MR) is 116 cm³/mol. The highest BCUT2D eigenvalue weighted by Gasteiger charge is 2.15. The molecule has 2 aromatic carbocycles. The molecule has 2 nitrogen and oxygen atoms in total. The molecule has 0 saturated carbocycles. The van der Waals surface area contributed by atoms with Gasteiger partial charge in [0.25, 0.3) is 0 Å². The zero-order valence-corrected chi connectivity index (χ0v) is 17.0. The predicted octanol–water partition coefficient (Wildman–Crippen LogP) is 5.92. The van der Waals surface area contributed by atoms with Gasteiger partial charge in [0.15, 0.2) is 5.11 Å². The maximum absolute atomic E-state index is 5.81. The molecule has 0 unspecified atom stereocenters. The average molecular weight is 369 g/mol. The first-order valence-corrected chi connectivity index (χ1v) is 10.3. The van der Waals surface area contributed by atoms with Gasteiger partial charge in [-0.25, -0.2) is 0 Å². The molecular formula is C23H32N2S. The number of nitrogens with one attached hydrogen (secondary N) is 1. The Morgan fingerprint density at radius 2 is 1.42 bits per heavy atom. The summed E-state index contributed by atoms with van der Waals surface area (Å²) in [5.41, 5.74) is 2.57. The lowest BCUT2D eigenvalue weighted by Crippen LogP contribution is -2.43. The number of hydrogen-bond donors (Lipinski definition) is 1. The largest absolute Gasteiger partial charge is 0.360 e. The number of hydrogen-bond acceptors (Lipinski definition) is 1. The maximum Gasteiger partial charge on any atom is 0.169 e. The summed E-state index contributed by atoms with van der Waals surface area (Å²) in [6.45, 7) is 6.14. The molecule has 0 radical (unpaired) electrons. The summed E-state index contributed by atoms with van der Waals surface area (Å²) >= 11 is 5.81. The molecule has 0 heterocycles. The van der Waals surface area contributed by atoms with Crippen LogP contribution < -0.4 is 5.32 Å². The summed E-state index contributed by atoms with van der Waals surface area (Å²) < 4.78 is 0. The Hall–Kier alpha value is -1.87. The summed E-state index contributed by atoms with van der Waals surface area (Å²) in [5, 5.41) is 4.49. The van der Waals surface area contributed by atoms with Gasteiger partial charge in [0.1, 0.15) is 0 Å². The molecule has 0 fully saturated rings. The molecule has 0 aliphatic rings. The molecule has 0 aromatic heterocycles. The molecule has 0 aliphatic heterocycles. The minimum Gasteiger partial charge on any atom is -0.360 e. The van der Waals surface area contributed by atoms with Gasteiger partial charge >= 0.3 is 0 Å². The molecule has 0 spiro atoms. The summed E-state index contributed by atoms with van der Waals surface area (Å²) in [4.78, 5) is 2.28. The van der Waals surface area contributed by atoms with Gasteiger partial charge in [-0.3, -0.25) is 0 Å². The molecule has 140 valence electrons. The summed E-state index contributed by atoms with van der Waals surface area (Å²) in [6, 6.07) is 21.6. The van der Waals surface area contributed by atoms with E-state index in [0.717, 1.165) is 24.6 Å². The topological polar surface area (TPSA) is 15.3 Å². The Morgan fingerprint density at radius 1 is 0.885 bits per heavy atom. The second-order valence-corrected chi connectivity index (χ2v) is 7.26. The lowest BCUT2D eigenvalue weighted by molar-refractivity contribution is 0.383. The lowest BCUT2D eigenvalue weighted by Gasteiger charge is -2.29. The Kier molecular flexibility index (Phi) is 9.19. The van der Waals surface area contributed by atoms with Crippen LogP contribution in [-0.2, 0) is 13.1 Å². The number of nitrogens with zero attached hydrogens (tertiary/aromatic N) is 1. The van der Waals surface area contributed by atoms with Crippen molar-refractivity contribution in [3.05, 3.63) is 71.8 Å². The number of unbranched alkanes of at least 4 members (excludes halogenated alkanes) is 2. The van der Waals surface area contributed by atoms with E-state index in [0.29, 0.717) is 6.04 Å². The number of thiocarbonyl (C=S) groups is 1. The van der Waals surface area contributed by atoms with Crippen LogP contribution in [0.5, 0.6) is 0 Å². The van der Waals surface area contributed by atoms with E-state index in [2.05, 4.69) is 84.7 Å². The van der Waals surface area contributed by atoms with Crippen LogP contribution in [0.1, 0.15) is 57.1 Å². The first-order chi connectivity index (χ1) is 12.7. The highest BCUT2D eigenvalue weighted by molar-refractivity contribution is 7.80. The molecular weight excluding hydrogens is 336 g/mol. The van der Waals surface area contributed by atoms with Crippen LogP contribution in [0, 0.1) is 0 Å². The van der Waals surface area contributed by atoms with Gasteiger partial charge in [0.05, 0.1) is 0 Å². The smallest absolute Gasteiger partial charge is 0.169 e. The molecule has 0 aliphatic carbocycles. The molecule has 1 N–H and O–H groups in total. The van der Waals surface area contributed by atoms with Crippen LogP contribution in [-0.4, -0.2) is 16.1 Å². The van der Waals surface area contributed by atoms with E-state index in [1.54, 1.807) is 0 Å². The Morgan fingerprint density at radius 3 is 1.88 bits per heavy atom. The van der Waals surface area contributed by atoms with Crippen LogP contribution in [0.4, 0.5) is 0 Å². The fourth-order valence-corrected chi connectivity index (χ4v) is 3.39. The highest BCUT2D eigenvalue weighted by Crippen LogP contribution is 2.12. The van der Waals surface area contributed by atoms with E-state index in [1.807, 2.05) is 0 Å². The standard InChI is InChI=1S/C23H32N2S/c1-3-5-8-17-22(4-2)24-23(26)25(18-20-13-9-6-10-14-20)19-21-15-11-7-12-16-21/h6-7,9-16,22H,3-5,8,17-19H2,1-2H3,(H,24,26)/t22-/m1/s1. The van der Waals surface area contributed by atoms with Crippen molar-refractivity contribution >= 4 is 17.3 Å². The second kappa shape index (κ2) is 11.7. The van der Waals surface area contributed by atoms with Crippen molar-refractivity contribution in [3.63, 3.8) is 0 Å². The minimum absolute atomic E-state index is 0.461.